The lowest BCUT2D eigenvalue weighted by Gasteiger charge is -2.39. The lowest BCUT2D eigenvalue weighted by Crippen LogP contribution is -2.45. The van der Waals surface area contributed by atoms with Gasteiger partial charge in [0, 0.05) is 17.6 Å². The number of hydrogen-bond acceptors (Lipinski definition) is 6. The Kier molecular flexibility index (Phi) is 5.22. The number of rotatable bonds is 4. The molecular weight excluding hydrogens is 458 g/mol. The zero-order valence-corrected chi connectivity index (χ0v) is 18.1. The monoisotopic (exact) mass is 477 g/mol. The minimum absolute atomic E-state index is 0.0454. The Labute approximate surface area is 177 Å². The molecule has 0 unspecified atom stereocenters. The summed E-state index contributed by atoms with van der Waals surface area (Å²) in [5, 5.41) is 14.4. The topological polar surface area (TPSA) is 96.5 Å². The first-order valence-corrected chi connectivity index (χ1v) is 11.8. The lowest BCUT2D eigenvalue weighted by atomic mass is 9.72. The van der Waals surface area contributed by atoms with Crippen molar-refractivity contribution in [1.82, 2.24) is 14.4 Å². The predicted molar refractivity (Wildman–Crippen MR) is 112 cm³/mol. The highest BCUT2D eigenvalue weighted by molar-refractivity contribution is 9.10. The molecule has 1 aliphatic heterocycles. The van der Waals surface area contributed by atoms with E-state index in [1.165, 1.54) is 10.6 Å². The van der Waals surface area contributed by atoms with Crippen molar-refractivity contribution in [1.29, 1.82) is 0 Å². The van der Waals surface area contributed by atoms with Gasteiger partial charge in [0.25, 0.3) is 5.89 Å². The third-order valence-electron chi connectivity index (χ3n) is 5.41. The van der Waals surface area contributed by atoms with Gasteiger partial charge in [-0.15, -0.1) is 0 Å². The van der Waals surface area contributed by atoms with Gasteiger partial charge < -0.3 is 9.63 Å². The molecule has 0 saturated carbocycles. The fourth-order valence-corrected chi connectivity index (χ4v) is 5.01. The molecule has 3 aromatic rings. The van der Waals surface area contributed by atoms with Crippen molar-refractivity contribution in [2.75, 3.05) is 19.3 Å². The molecule has 0 amide bonds. The molecule has 0 aliphatic carbocycles. The van der Waals surface area contributed by atoms with E-state index in [4.69, 9.17) is 4.52 Å². The third-order valence-corrected chi connectivity index (χ3v) is 7.21. The van der Waals surface area contributed by atoms with Crippen molar-refractivity contribution < 1.29 is 18.0 Å². The summed E-state index contributed by atoms with van der Waals surface area (Å²) < 4.78 is 31.7. The third kappa shape index (κ3) is 3.82. The molecule has 152 valence electrons. The van der Waals surface area contributed by atoms with E-state index in [2.05, 4.69) is 26.1 Å². The van der Waals surface area contributed by atoms with Gasteiger partial charge in [-0.1, -0.05) is 51.4 Å². The molecule has 1 aromatic heterocycles. The zero-order valence-electron chi connectivity index (χ0n) is 15.7. The van der Waals surface area contributed by atoms with Crippen molar-refractivity contribution >= 4 is 26.0 Å². The van der Waals surface area contributed by atoms with Crippen LogP contribution in [-0.4, -0.2) is 47.3 Å². The average Bonchev–Trinajstić information content (AvgIpc) is 3.20. The first-order chi connectivity index (χ1) is 13.8. The molecule has 4 rings (SSSR count). The van der Waals surface area contributed by atoms with Crippen LogP contribution in [0.25, 0.3) is 11.5 Å². The van der Waals surface area contributed by atoms with Crippen LogP contribution < -0.4 is 0 Å². The van der Waals surface area contributed by atoms with Crippen molar-refractivity contribution in [3.63, 3.8) is 0 Å². The Balaban J connectivity index is 1.76. The molecule has 0 radical (unpaired) electrons. The Hall–Kier alpha value is -2.23. The lowest BCUT2D eigenvalue weighted by molar-refractivity contribution is 0.252. The minimum atomic E-state index is -3.26. The number of phenolic OH excluding ortho intramolecular Hbond substituents is 1. The number of nitrogens with zero attached hydrogens (tertiary/aromatic N) is 3. The number of aromatic nitrogens is 2. The first kappa shape index (κ1) is 20.1. The van der Waals surface area contributed by atoms with Crippen LogP contribution in [0.2, 0.25) is 0 Å². The standard InChI is InChI=1S/C20H20BrN3O4S/c1-29(26,27)24-11-9-20(10-12-24,14-5-3-2-4-6-14)19-22-18(28-23-19)16-13-15(21)7-8-17(16)25/h2-8,13,25H,9-12H2,1H3. The van der Waals surface area contributed by atoms with Crippen LogP contribution in [0.4, 0.5) is 0 Å². The van der Waals surface area contributed by atoms with Crippen molar-refractivity contribution in [2.45, 2.75) is 18.3 Å². The fraction of sp³-hybridized carbons (Fsp3) is 0.300. The summed E-state index contributed by atoms with van der Waals surface area (Å²) in [6, 6.07) is 14.8. The molecule has 9 heteroatoms. The second-order valence-electron chi connectivity index (χ2n) is 7.19. The summed E-state index contributed by atoms with van der Waals surface area (Å²) in [5.41, 5.74) is 0.889. The summed E-state index contributed by atoms with van der Waals surface area (Å²) in [6.45, 7) is 0.749. The van der Waals surface area contributed by atoms with Gasteiger partial charge >= 0.3 is 0 Å². The Morgan fingerprint density at radius 3 is 2.48 bits per heavy atom. The van der Waals surface area contributed by atoms with E-state index in [-0.39, 0.29) is 11.6 Å². The van der Waals surface area contributed by atoms with Gasteiger partial charge in [0.15, 0.2) is 5.82 Å². The number of benzene rings is 2. The normalized spacial score (nSPS) is 17.3. The molecule has 0 spiro atoms. The molecule has 1 saturated heterocycles. The summed E-state index contributed by atoms with van der Waals surface area (Å²) in [5.74, 6) is 0.759. The van der Waals surface area contributed by atoms with Crippen molar-refractivity contribution in [3.05, 3.63) is 64.4 Å². The summed E-state index contributed by atoms with van der Waals surface area (Å²) in [6.07, 6.45) is 2.30. The van der Waals surface area contributed by atoms with Crippen LogP contribution >= 0.6 is 15.9 Å². The minimum Gasteiger partial charge on any atom is -0.507 e. The van der Waals surface area contributed by atoms with Gasteiger partial charge in [-0.3, -0.25) is 0 Å². The van der Waals surface area contributed by atoms with Crippen LogP contribution in [0.5, 0.6) is 5.75 Å². The quantitative estimate of drug-likeness (QED) is 0.616. The predicted octanol–water partition coefficient (Wildman–Crippen LogP) is 3.55. The average molecular weight is 478 g/mol. The molecule has 2 heterocycles. The summed E-state index contributed by atoms with van der Waals surface area (Å²) in [4.78, 5) is 4.62. The number of hydrogen-bond donors (Lipinski definition) is 1. The molecule has 7 nitrogen and oxygen atoms in total. The van der Waals surface area contributed by atoms with Crippen molar-refractivity contribution in [3.8, 4) is 17.2 Å². The van der Waals surface area contributed by atoms with E-state index in [0.717, 1.165) is 10.0 Å². The molecule has 1 aliphatic rings. The second kappa shape index (κ2) is 7.55. The van der Waals surface area contributed by atoms with Gasteiger partial charge in [0.1, 0.15) is 5.75 Å². The van der Waals surface area contributed by atoms with Crippen LogP contribution in [0.15, 0.2) is 57.5 Å². The van der Waals surface area contributed by atoms with Gasteiger partial charge in [-0.25, -0.2) is 12.7 Å². The number of piperidine rings is 1. The Morgan fingerprint density at radius 2 is 1.83 bits per heavy atom. The van der Waals surface area contributed by atoms with Gasteiger partial charge in [-0.2, -0.15) is 4.98 Å². The number of aromatic hydroxyl groups is 1. The maximum atomic E-state index is 12.0. The summed E-state index contributed by atoms with van der Waals surface area (Å²) >= 11 is 3.39. The Bertz CT molecular complexity index is 1120. The second-order valence-corrected chi connectivity index (χ2v) is 10.1. The number of sulfonamides is 1. The number of halogens is 1. The van der Waals surface area contributed by atoms with Crippen LogP contribution in [0.3, 0.4) is 0 Å². The first-order valence-electron chi connectivity index (χ1n) is 9.13. The van der Waals surface area contributed by atoms with Gasteiger partial charge in [-0.05, 0) is 36.6 Å². The van der Waals surface area contributed by atoms with Gasteiger partial charge in [0.2, 0.25) is 10.0 Å². The van der Waals surface area contributed by atoms with Crippen LogP contribution in [0.1, 0.15) is 24.2 Å². The largest absolute Gasteiger partial charge is 0.507 e. The highest BCUT2D eigenvalue weighted by Gasteiger charge is 2.43. The highest BCUT2D eigenvalue weighted by Crippen LogP contribution is 2.42. The highest BCUT2D eigenvalue weighted by atomic mass is 79.9. The molecule has 0 bridgehead atoms. The van der Waals surface area contributed by atoms with E-state index < -0.39 is 15.4 Å². The molecule has 29 heavy (non-hydrogen) atoms. The smallest absolute Gasteiger partial charge is 0.261 e. The molecule has 2 aromatic carbocycles. The van der Waals surface area contributed by atoms with E-state index in [1.807, 2.05) is 30.3 Å². The maximum Gasteiger partial charge on any atom is 0.261 e. The Morgan fingerprint density at radius 1 is 1.14 bits per heavy atom. The molecule has 0 atom stereocenters. The maximum absolute atomic E-state index is 12.0. The van der Waals surface area contributed by atoms with E-state index >= 15 is 0 Å². The fourth-order valence-electron chi connectivity index (χ4n) is 3.80. The molecule has 1 fully saturated rings. The van der Waals surface area contributed by atoms with Crippen LogP contribution in [0, 0.1) is 0 Å². The SMILES string of the molecule is CS(=O)(=O)N1CCC(c2ccccc2)(c2noc(-c3cc(Br)ccc3O)n2)CC1. The summed E-state index contributed by atoms with van der Waals surface area (Å²) in [7, 11) is -3.26. The molecular formula is C20H20BrN3O4S. The molecule has 1 N–H and O–H groups in total. The van der Waals surface area contributed by atoms with Crippen molar-refractivity contribution in [2.24, 2.45) is 0 Å². The van der Waals surface area contributed by atoms with E-state index in [9.17, 15) is 13.5 Å². The van der Waals surface area contributed by atoms with E-state index in [1.54, 1.807) is 18.2 Å². The van der Waals surface area contributed by atoms with E-state index in [0.29, 0.717) is 37.3 Å². The zero-order chi connectivity index (χ0) is 20.6. The van der Waals surface area contributed by atoms with Crippen LogP contribution in [-0.2, 0) is 15.4 Å². The number of phenols is 1. The van der Waals surface area contributed by atoms with Gasteiger partial charge in [0.05, 0.1) is 17.2 Å².